The number of ether oxygens (including phenoxy) is 1. The fourth-order valence-corrected chi connectivity index (χ4v) is 3.09. The highest BCUT2D eigenvalue weighted by Crippen LogP contribution is 2.27. The molecule has 1 aliphatic heterocycles. The van der Waals surface area contributed by atoms with Crippen molar-refractivity contribution in [3.63, 3.8) is 0 Å². The van der Waals surface area contributed by atoms with Gasteiger partial charge in [-0.05, 0) is 41.9 Å². The third-order valence-corrected chi connectivity index (χ3v) is 4.20. The summed E-state index contributed by atoms with van der Waals surface area (Å²) in [6.07, 6.45) is -0.126. The van der Waals surface area contributed by atoms with E-state index < -0.39 is 11.6 Å². The number of benzene rings is 1. The number of hydrogen-bond acceptors (Lipinski definition) is 2. The minimum Gasteiger partial charge on any atom is -0.368 e. The van der Waals surface area contributed by atoms with Crippen molar-refractivity contribution in [1.29, 1.82) is 0 Å². The van der Waals surface area contributed by atoms with Crippen LogP contribution in [0.1, 0.15) is 19.4 Å². The molecule has 2 rings (SSSR count). The van der Waals surface area contributed by atoms with Gasteiger partial charge in [0.05, 0.1) is 16.2 Å². The molecule has 0 aromatic heterocycles. The summed E-state index contributed by atoms with van der Waals surface area (Å²) < 4.78 is 33.9. The van der Waals surface area contributed by atoms with Crippen LogP contribution in [0.5, 0.6) is 0 Å². The van der Waals surface area contributed by atoms with E-state index >= 15 is 0 Å². The topological polar surface area (TPSA) is 12.5 Å². The highest BCUT2D eigenvalue weighted by atomic mass is 79.9. The van der Waals surface area contributed by atoms with E-state index in [1.807, 2.05) is 18.7 Å². The molecule has 112 valence electrons. The summed E-state index contributed by atoms with van der Waals surface area (Å²) in [5, 5.41) is 0. The average molecular weight is 369 g/mol. The number of hydrogen-bond donors (Lipinski definition) is 0. The average Bonchev–Trinajstić information content (AvgIpc) is 2.37. The predicted octanol–water partition coefficient (Wildman–Crippen LogP) is 3.95. The van der Waals surface area contributed by atoms with Crippen molar-refractivity contribution in [2.24, 2.45) is 0 Å². The molecule has 0 radical (unpaired) electrons. The summed E-state index contributed by atoms with van der Waals surface area (Å²) in [6.45, 7) is 5.28. The molecule has 6 heteroatoms. The summed E-state index contributed by atoms with van der Waals surface area (Å²) in [4.78, 5) is 1.98. The normalized spacial score (nSPS) is 23.0. The van der Waals surface area contributed by atoms with Crippen LogP contribution in [0.4, 0.5) is 8.78 Å². The van der Waals surface area contributed by atoms with Crippen molar-refractivity contribution in [2.75, 3.05) is 19.0 Å². The van der Waals surface area contributed by atoms with Crippen molar-refractivity contribution in [3.05, 3.63) is 33.8 Å². The molecule has 1 saturated heterocycles. The van der Waals surface area contributed by atoms with E-state index in [0.29, 0.717) is 19.0 Å². The Morgan fingerprint density at radius 3 is 2.80 bits per heavy atom. The molecule has 1 aromatic rings. The minimum atomic E-state index is -0.545. The standard InChI is InChI=1S/C14H17BrClF2NO/c1-14(2)8-19(6-9(5-16)20-14)7-10-12(17)4-3-11(15)13(10)18/h3-4,9H,5-8H2,1-2H3. The van der Waals surface area contributed by atoms with Gasteiger partial charge in [0.25, 0.3) is 0 Å². The molecule has 1 aromatic carbocycles. The van der Waals surface area contributed by atoms with E-state index in [2.05, 4.69) is 15.9 Å². The third kappa shape index (κ3) is 3.70. The second-order valence-electron chi connectivity index (χ2n) is 5.65. The first kappa shape index (κ1) is 16.1. The molecule has 0 spiro atoms. The van der Waals surface area contributed by atoms with Gasteiger partial charge in [-0.1, -0.05) is 0 Å². The van der Waals surface area contributed by atoms with E-state index in [4.69, 9.17) is 16.3 Å². The highest BCUT2D eigenvalue weighted by molar-refractivity contribution is 9.10. The molecule has 1 fully saturated rings. The summed E-state index contributed by atoms with van der Waals surface area (Å²) in [5.41, 5.74) is -0.304. The number of nitrogens with zero attached hydrogens (tertiary/aromatic N) is 1. The number of morpholine rings is 1. The zero-order chi connectivity index (χ0) is 14.9. The molecule has 20 heavy (non-hydrogen) atoms. The van der Waals surface area contributed by atoms with Crippen LogP contribution in [0.3, 0.4) is 0 Å². The van der Waals surface area contributed by atoms with Gasteiger partial charge >= 0.3 is 0 Å². The quantitative estimate of drug-likeness (QED) is 0.592. The van der Waals surface area contributed by atoms with E-state index in [1.165, 1.54) is 12.1 Å². The maximum atomic E-state index is 14.0. The van der Waals surface area contributed by atoms with Crippen LogP contribution in [0.15, 0.2) is 16.6 Å². The molecule has 0 saturated carbocycles. The minimum absolute atomic E-state index is 0.0744. The summed E-state index contributed by atoms with van der Waals surface area (Å²) >= 11 is 8.94. The lowest BCUT2D eigenvalue weighted by Gasteiger charge is -2.42. The lowest BCUT2D eigenvalue weighted by molar-refractivity contribution is -0.129. The Labute approximate surface area is 131 Å². The van der Waals surface area contributed by atoms with Crippen molar-refractivity contribution >= 4 is 27.5 Å². The van der Waals surface area contributed by atoms with Gasteiger partial charge in [-0.15, -0.1) is 11.6 Å². The van der Waals surface area contributed by atoms with Crippen molar-refractivity contribution < 1.29 is 13.5 Å². The molecule has 2 nitrogen and oxygen atoms in total. The Bertz CT molecular complexity index is 498. The molecule has 0 amide bonds. The van der Waals surface area contributed by atoms with Crippen LogP contribution in [-0.2, 0) is 11.3 Å². The predicted molar refractivity (Wildman–Crippen MR) is 79.0 cm³/mol. The Morgan fingerprint density at radius 2 is 2.15 bits per heavy atom. The SMILES string of the molecule is CC1(C)CN(Cc2c(F)ccc(Br)c2F)CC(CCl)O1. The Hall–Kier alpha value is -0.230. The van der Waals surface area contributed by atoms with Crippen molar-refractivity contribution in [3.8, 4) is 0 Å². The zero-order valence-electron chi connectivity index (χ0n) is 11.4. The van der Waals surface area contributed by atoms with E-state index in [-0.39, 0.29) is 28.3 Å². The van der Waals surface area contributed by atoms with Gasteiger partial charge in [-0.2, -0.15) is 0 Å². The molecular formula is C14H17BrClF2NO. The Kier molecular flexibility index (Phi) is 5.05. The van der Waals surface area contributed by atoms with E-state index in [9.17, 15) is 8.78 Å². The Balaban J connectivity index is 2.19. The number of rotatable bonds is 3. The smallest absolute Gasteiger partial charge is 0.144 e. The third-order valence-electron chi connectivity index (χ3n) is 3.24. The van der Waals surface area contributed by atoms with Crippen LogP contribution in [-0.4, -0.2) is 35.6 Å². The van der Waals surface area contributed by atoms with Crippen LogP contribution in [0.2, 0.25) is 0 Å². The lowest BCUT2D eigenvalue weighted by atomic mass is 10.0. The summed E-state index contributed by atoms with van der Waals surface area (Å²) in [7, 11) is 0. The second-order valence-corrected chi connectivity index (χ2v) is 6.81. The first-order valence-corrected chi connectivity index (χ1v) is 7.73. The van der Waals surface area contributed by atoms with Gasteiger partial charge in [-0.25, -0.2) is 8.78 Å². The second kappa shape index (κ2) is 6.26. The number of alkyl halides is 1. The zero-order valence-corrected chi connectivity index (χ0v) is 13.8. The van der Waals surface area contributed by atoms with Gasteiger partial charge in [0.1, 0.15) is 11.6 Å². The highest BCUT2D eigenvalue weighted by Gasteiger charge is 2.33. The van der Waals surface area contributed by atoms with Gasteiger partial charge in [0, 0.05) is 31.1 Å². The molecule has 1 aliphatic rings. The maximum Gasteiger partial charge on any atom is 0.144 e. The fraction of sp³-hybridized carbons (Fsp3) is 0.571. The first-order chi connectivity index (χ1) is 9.32. The molecule has 0 N–H and O–H groups in total. The van der Waals surface area contributed by atoms with Gasteiger partial charge in [0.15, 0.2) is 0 Å². The molecule has 1 atom stereocenters. The van der Waals surface area contributed by atoms with Crippen molar-refractivity contribution in [1.82, 2.24) is 4.90 Å². The van der Waals surface area contributed by atoms with E-state index in [0.717, 1.165) is 0 Å². The number of halogens is 4. The summed E-state index contributed by atoms with van der Waals surface area (Å²) in [6, 6.07) is 2.64. The van der Waals surface area contributed by atoms with Crippen LogP contribution < -0.4 is 0 Å². The fourth-order valence-electron chi connectivity index (χ4n) is 2.56. The monoisotopic (exact) mass is 367 g/mol. The first-order valence-electron chi connectivity index (χ1n) is 6.41. The molecule has 1 unspecified atom stereocenters. The molecule has 1 heterocycles. The largest absolute Gasteiger partial charge is 0.368 e. The Morgan fingerprint density at radius 1 is 1.45 bits per heavy atom. The van der Waals surface area contributed by atoms with Crippen LogP contribution in [0.25, 0.3) is 0 Å². The molecular weight excluding hydrogens is 352 g/mol. The molecule has 0 aliphatic carbocycles. The van der Waals surface area contributed by atoms with Gasteiger partial charge in [-0.3, -0.25) is 4.90 Å². The van der Waals surface area contributed by atoms with Crippen LogP contribution in [0, 0.1) is 11.6 Å². The summed E-state index contributed by atoms with van der Waals surface area (Å²) in [5.74, 6) is -0.710. The van der Waals surface area contributed by atoms with Crippen LogP contribution >= 0.6 is 27.5 Å². The van der Waals surface area contributed by atoms with Gasteiger partial charge in [0.2, 0.25) is 0 Å². The lowest BCUT2D eigenvalue weighted by Crippen LogP contribution is -2.53. The van der Waals surface area contributed by atoms with E-state index in [1.54, 1.807) is 0 Å². The van der Waals surface area contributed by atoms with Crippen molar-refractivity contribution in [2.45, 2.75) is 32.1 Å². The van der Waals surface area contributed by atoms with Gasteiger partial charge < -0.3 is 4.74 Å². The maximum absolute atomic E-state index is 14.0. The molecule has 0 bridgehead atoms.